The van der Waals surface area contributed by atoms with E-state index in [9.17, 15) is 9.59 Å². The second-order valence-electron chi connectivity index (χ2n) is 7.73. The number of urea groups is 1. The fourth-order valence-corrected chi connectivity index (χ4v) is 4.04. The smallest absolute Gasteiger partial charge is 0.329 e. The molecular weight excluding hydrogens is 366 g/mol. The Morgan fingerprint density at radius 3 is 2.62 bits per heavy atom. The zero-order chi connectivity index (χ0) is 20.4. The molecule has 0 saturated carbocycles. The summed E-state index contributed by atoms with van der Waals surface area (Å²) in [5.74, 6) is 0.436. The normalized spacial score (nSPS) is 24.3. The fourth-order valence-electron chi connectivity index (χ4n) is 4.04. The van der Waals surface area contributed by atoms with E-state index >= 15 is 0 Å². The molecule has 0 aliphatic carbocycles. The molecule has 2 aromatic rings. The van der Waals surface area contributed by atoms with E-state index in [1.807, 2.05) is 36.4 Å². The van der Waals surface area contributed by atoms with Crippen LogP contribution in [-0.4, -0.2) is 43.7 Å². The minimum atomic E-state index is -1.08. The molecule has 1 fully saturated rings. The van der Waals surface area contributed by atoms with Gasteiger partial charge in [0.25, 0.3) is 5.91 Å². The highest BCUT2D eigenvalue weighted by atomic mass is 16.5. The topological polar surface area (TPSA) is 63.1 Å². The Hall–Kier alpha value is -3.12. The molecule has 0 spiro atoms. The third-order valence-electron chi connectivity index (χ3n) is 5.83. The maximum atomic E-state index is 13.2. The Morgan fingerprint density at radius 2 is 1.93 bits per heavy atom. The number of methoxy groups -OCH3 is 1. The number of carbonyl (C=O) groups is 2. The average molecular weight is 392 g/mol. The summed E-state index contributed by atoms with van der Waals surface area (Å²) in [5, 5.41) is 2.88. The van der Waals surface area contributed by atoms with E-state index < -0.39 is 5.54 Å². The molecule has 0 bridgehead atoms. The highest BCUT2D eigenvalue weighted by molar-refractivity contribution is 6.07. The molecule has 3 amide bonds. The zero-order valence-corrected chi connectivity index (χ0v) is 16.8. The van der Waals surface area contributed by atoms with Gasteiger partial charge in [-0.1, -0.05) is 42.5 Å². The Bertz CT molecular complexity index is 957. The third-order valence-corrected chi connectivity index (χ3v) is 5.83. The van der Waals surface area contributed by atoms with Crippen molar-refractivity contribution in [3.8, 4) is 5.75 Å². The van der Waals surface area contributed by atoms with Crippen molar-refractivity contribution in [3.63, 3.8) is 0 Å². The average Bonchev–Trinajstić information content (AvgIpc) is 2.99. The molecule has 4 rings (SSSR count). The predicted molar refractivity (Wildman–Crippen MR) is 110 cm³/mol. The van der Waals surface area contributed by atoms with Crippen LogP contribution in [0.15, 0.2) is 60.7 Å². The fraction of sp³-hybridized carbons (Fsp3) is 0.304. The van der Waals surface area contributed by atoms with Crippen molar-refractivity contribution in [1.29, 1.82) is 0 Å². The summed E-state index contributed by atoms with van der Waals surface area (Å²) >= 11 is 0. The number of amides is 3. The van der Waals surface area contributed by atoms with Crippen LogP contribution in [0, 0.1) is 0 Å². The molecule has 1 saturated heterocycles. The van der Waals surface area contributed by atoms with E-state index in [0.717, 1.165) is 25.1 Å². The van der Waals surface area contributed by atoms with Gasteiger partial charge in [0.05, 0.1) is 20.2 Å². The standard InChI is InChI=1S/C23H25N3O3/c1-23(19-9-6-10-20(15-19)29-2)21(27)26(22(28)24-23)16-25-13-11-18(12-14-25)17-7-4-3-5-8-17/h3-11,15H,12-14,16H2,1-2H3,(H,24,28)/p+1/t23-/m0/s1. The van der Waals surface area contributed by atoms with Crippen LogP contribution in [0.2, 0.25) is 0 Å². The van der Waals surface area contributed by atoms with Crippen molar-refractivity contribution >= 4 is 17.5 Å². The highest BCUT2D eigenvalue weighted by Crippen LogP contribution is 2.30. The molecule has 2 N–H and O–H groups in total. The van der Waals surface area contributed by atoms with Gasteiger partial charge >= 0.3 is 6.03 Å². The summed E-state index contributed by atoms with van der Waals surface area (Å²) in [6.07, 6.45) is 3.14. The Kier molecular flexibility index (Phi) is 5.11. The lowest BCUT2D eigenvalue weighted by molar-refractivity contribution is -0.902. The highest BCUT2D eigenvalue weighted by Gasteiger charge is 2.50. The van der Waals surface area contributed by atoms with Gasteiger partial charge in [-0.2, -0.15) is 0 Å². The van der Waals surface area contributed by atoms with Crippen LogP contribution < -0.4 is 15.0 Å². The lowest BCUT2D eigenvalue weighted by Crippen LogP contribution is -3.14. The third kappa shape index (κ3) is 3.63. The van der Waals surface area contributed by atoms with Crippen LogP contribution in [-0.2, 0) is 10.3 Å². The first-order valence-electron chi connectivity index (χ1n) is 9.88. The van der Waals surface area contributed by atoms with Crippen molar-refractivity contribution < 1.29 is 19.2 Å². The molecule has 2 atom stereocenters. The number of benzene rings is 2. The van der Waals surface area contributed by atoms with E-state index in [1.54, 1.807) is 20.1 Å². The van der Waals surface area contributed by atoms with Gasteiger partial charge in [-0.15, -0.1) is 0 Å². The number of nitrogens with zero attached hydrogens (tertiary/aromatic N) is 1. The first-order valence-corrected chi connectivity index (χ1v) is 9.88. The molecule has 6 heteroatoms. The first-order chi connectivity index (χ1) is 14.0. The number of rotatable bonds is 5. The largest absolute Gasteiger partial charge is 0.497 e. The number of quaternary nitrogens is 1. The number of imide groups is 1. The molecule has 29 heavy (non-hydrogen) atoms. The number of ether oxygens (including phenoxy) is 1. The monoisotopic (exact) mass is 392 g/mol. The summed E-state index contributed by atoms with van der Waals surface area (Å²) < 4.78 is 5.27. The lowest BCUT2D eigenvalue weighted by atomic mass is 9.92. The number of hydrogen-bond donors (Lipinski definition) is 2. The van der Waals surface area contributed by atoms with E-state index in [0.29, 0.717) is 12.4 Å². The quantitative estimate of drug-likeness (QED) is 0.763. The maximum Gasteiger partial charge on any atom is 0.329 e. The summed E-state index contributed by atoms with van der Waals surface area (Å²) in [6.45, 7) is 3.79. The lowest BCUT2D eigenvalue weighted by Gasteiger charge is -2.27. The molecule has 0 aromatic heterocycles. The van der Waals surface area contributed by atoms with Crippen molar-refractivity contribution in [1.82, 2.24) is 10.2 Å². The van der Waals surface area contributed by atoms with Crippen LogP contribution in [0.4, 0.5) is 4.79 Å². The van der Waals surface area contributed by atoms with Crippen LogP contribution in [0.25, 0.3) is 5.57 Å². The van der Waals surface area contributed by atoms with Gasteiger partial charge in [0.15, 0.2) is 6.67 Å². The molecule has 2 aliphatic heterocycles. The number of carbonyl (C=O) groups excluding carboxylic acids is 2. The summed E-state index contributed by atoms with van der Waals surface area (Å²) in [7, 11) is 1.58. The van der Waals surface area contributed by atoms with Crippen molar-refractivity contribution in [2.75, 3.05) is 26.9 Å². The Morgan fingerprint density at radius 1 is 1.14 bits per heavy atom. The second kappa shape index (κ2) is 7.72. The molecule has 1 unspecified atom stereocenters. The van der Waals surface area contributed by atoms with E-state index in [4.69, 9.17) is 4.74 Å². The van der Waals surface area contributed by atoms with Gasteiger partial charge < -0.3 is 15.0 Å². The predicted octanol–water partition coefficient (Wildman–Crippen LogP) is 1.79. The van der Waals surface area contributed by atoms with Gasteiger partial charge in [-0.3, -0.25) is 4.79 Å². The van der Waals surface area contributed by atoms with Gasteiger partial charge in [-0.25, -0.2) is 9.69 Å². The second-order valence-corrected chi connectivity index (χ2v) is 7.73. The summed E-state index contributed by atoms with van der Waals surface area (Å²) in [6, 6.07) is 17.3. The Balaban J connectivity index is 1.47. The number of nitrogens with one attached hydrogen (secondary N) is 2. The molecule has 2 heterocycles. The zero-order valence-electron chi connectivity index (χ0n) is 16.8. The maximum absolute atomic E-state index is 13.2. The van der Waals surface area contributed by atoms with Gasteiger partial charge in [0, 0.05) is 6.42 Å². The molecule has 2 aliphatic rings. The van der Waals surface area contributed by atoms with Gasteiger partial charge in [-0.05, 0) is 41.8 Å². The Labute approximate surface area is 170 Å². The summed E-state index contributed by atoms with van der Waals surface area (Å²) in [4.78, 5) is 28.3. The van der Waals surface area contributed by atoms with E-state index in [1.165, 1.54) is 20.9 Å². The first kappa shape index (κ1) is 19.2. The summed E-state index contributed by atoms with van der Waals surface area (Å²) in [5.41, 5.74) is 2.21. The van der Waals surface area contributed by atoms with Gasteiger partial charge in [0.1, 0.15) is 11.3 Å². The van der Waals surface area contributed by atoms with Crippen LogP contribution in [0.3, 0.4) is 0 Å². The van der Waals surface area contributed by atoms with Crippen LogP contribution in [0.5, 0.6) is 5.75 Å². The molecule has 0 radical (unpaired) electrons. The van der Waals surface area contributed by atoms with E-state index in [-0.39, 0.29) is 11.9 Å². The molecule has 150 valence electrons. The number of hydrogen-bond acceptors (Lipinski definition) is 3. The van der Waals surface area contributed by atoms with Gasteiger partial charge in [0.2, 0.25) is 0 Å². The molecule has 6 nitrogen and oxygen atoms in total. The molecule has 2 aromatic carbocycles. The van der Waals surface area contributed by atoms with Crippen molar-refractivity contribution in [3.05, 3.63) is 71.8 Å². The molecular formula is C23H26N3O3+. The van der Waals surface area contributed by atoms with Crippen LogP contribution >= 0.6 is 0 Å². The minimum absolute atomic E-state index is 0.221. The van der Waals surface area contributed by atoms with Crippen molar-refractivity contribution in [2.45, 2.75) is 18.9 Å². The van der Waals surface area contributed by atoms with Crippen LogP contribution in [0.1, 0.15) is 24.5 Å². The van der Waals surface area contributed by atoms with Crippen molar-refractivity contribution in [2.24, 2.45) is 0 Å². The SMILES string of the molecule is COc1cccc([C@]2(C)NC(=O)N(C[NH+]3CC=C(c4ccccc4)CC3)C2=O)c1. The van der Waals surface area contributed by atoms with E-state index in [2.05, 4.69) is 23.5 Å². The minimum Gasteiger partial charge on any atom is -0.497 e.